The van der Waals surface area contributed by atoms with E-state index in [2.05, 4.69) is 19.7 Å². The van der Waals surface area contributed by atoms with E-state index in [4.69, 9.17) is 11.6 Å². The molecule has 1 spiro atoms. The molecule has 2 heterocycles. The highest BCUT2D eigenvalue weighted by molar-refractivity contribution is 7.03. The highest BCUT2D eigenvalue weighted by Gasteiger charge is 2.72. The maximum atomic E-state index is 14.2. The zero-order valence-electron chi connectivity index (χ0n) is 18.8. The summed E-state index contributed by atoms with van der Waals surface area (Å²) in [6, 6.07) is 4.70. The zero-order valence-corrected chi connectivity index (χ0v) is 20.4. The van der Waals surface area contributed by atoms with Crippen LogP contribution < -0.4 is 10.2 Å². The van der Waals surface area contributed by atoms with Crippen molar-refractivity contribution >= 4 is 40.6 Å². The van der Waals surface area contributed by atoms with Crippen LogP contribution in [0.15, 0.2) is 54.6 Å². The highest BCUT2D eigenvalue weighted by Crippen LogP contribution is 2.68. The van der Waals surface area contributed by atoms with Crippen molar-refractivity contribution in [3.63, 3.8) is 0 Å². The third kappa shape index (κ3) is 4.57. The van der Waals surface area contributed by atoms with E-state index in [1.165, 1.54) is 30.3 Å². The Balaban J connectivity index is 1.47. The molecule has 0 aliphatic heterocycles. The predicted octanol–water partition coefficient (Wildman–Crippen LogP) is 4.90. The minimum atomic E-state index is -2.72. The van der Waals surface area contributed by atoms with Crippen molar-refractivity contribution < 1.29 is 22.8 Å². The van der Waals surface area contributed by atoms with E-state index >= 15 is 0 Å². The third-order valence-corrected chi connectivity index (χ3v) is 7.68. The SMILES string of the molecule is O=C(NC1CCC2(C1)CC2(F)F)C(c1cncnc1)N(C(=O)C(F)Cl)c1ccc(-c2cnsc2)cc1. The first-order valence-electron chi connectivity index (χ1n) is 11.2. The van der Waals surface area contributed by atoms with Gasteiger partial charge in [-0.3, -0.25) is 14.5 Å². The number of nitrogens with zero attached hydrogens (tertiary/aromatic N) is 4. The van der Waals surface area contributed by atoms with Crippen molar-refractivity contribution in [3.8, 4) is 11.1 Å². The van der Waals surface area contributed by atoms with Gasteiger partial charge >= 0.3 is 0 Å². The van der Waals surface area contributed by atoms with Crippen molar-refractivity contribution in [3.05, 3.63) is 60.1 Å². The molecule has 1 N–H and O–H groups in total. The summed E-state index contributed by atoms with van der Waals surface area (Å²) in [5, 5.41) is 4.65. The first-order chi connectivity index (χ1) is 17.2. The van der Waals surface area contributed by atoms with Crippen molar-refractivity contribution in [2.75, 3.05) is 4.90 Å². The number of halogens is 4. The van der Waals surface area contributed by atoms with E-state index in [1.54, 1.807) is 30.5 Å². The number of carbonyl (C=O) groups excluding carboxylic acids is 2. The molecule has 0 radical (unpaired) electrons. The molecule has 2 aliphatic rings. The van der Waals surface area contributed by atoms with Gasteiger partial charge in [-0.05, 0) is 48.5 Å². The molecule has 5 rings (SSSR count). The summed E-state index contributed by atoms with van der Waals surface area (Å²) in [5.41, 5.74) is -1.38. The van der Waals surface area contributed by atoms with Crippen molar-refractivity contribution in [1.82, 2.24) is 19.7 Å². The molecule has 2 fully saturated rings. The molecule has 4 atom stereocenters. The molecule has 0 saturated heterocycles. The molecule has 4 unspecified atom stereocenters. The summed E-state index contributed by atoms with van der Waals surface area (Å²) in [5.74, 6) is -4.53. The summed E-state index contributed by atoms with van der Waals surface area (Å²) in [6.07, 6.45) is 6.28. The van der Waals surface area contributed by atoms with Crippen molar-refractivity contribution in [2.24, 2.45) is 5.41 Å². The number of carbonyl (C=O) groups is 2. The predicted molar refractivity (Wildman–Crippen MR) is 128 cm³/mol. The molecule has 2 aliphatic carbocycles. The lowest BCUT2D eigenvalue weighted by Crippen LogP contribution is -2.48. The van der Waals surface area contributed by atoms with E-state index < -0.39 is 40.9 Å². The van der Waals surface area contributed by atoms with Crippen LogP contribution in [0, 0.1) is 5.41 Å². The Morgan fingerprint density at radius 3 is 2.39 bits per heavy atom. The molecule has 188 valence electrons. The van der Waals surface area contributed by atoms with E-state index in [-0.39, 0.29) is 24.1 Å². The Morgan fingerprint density at radius 2 is 1.83 bits per heavy atom. The number of amides is 2. The van der Waals surface area contributed by atoms with Crippen LogP contribution in [0.4, 0.5) is 18.9 Å². The number of hydrogen-bond acceptors (Lipinski definition) is 6. The fourth-order valence-corrected chi connectivity index (χ4v) is 5.59. The van der Waals surface area contributed by atoms with Crippen LogP contribution >= 0.6 is 23.1 Å². The molecule has 12 heteroatoms. The van der Waals surface area contributed by atoms with Gasteiger partial charge in [-0.2, -0.15) is 0 Å². The van der Waals surface area contributed by atoms with Crippen molar-refractivity contribution in [1.29, 1.82) is 0 Å². The van der Waals surface area contributed by atoms with E-state index in [1.807, 2.05) is 5.38 Å². The Morgan fingerprint density at radius 1 is 1.14 bits per heavy atom. The normalized spacial score (nSPS) is 23.7. The lowest BCUT2D eigenvalue weighted by Gasteiger charge is -2.32. The lowest BCUT2D eigenvalue weighted by atomic mass is 10.0. The van der Waals surface area contributed by atoms with E-state index in [0.717, 1.165) is 16.0 Å². The van der Waals surface area contributed by atoms with Gasteiger partial charge in [0.1, 0.15) is 12.4 Å². The number of benzene rings is 1. The third-order valence-electron chi connectivity index (χ3n) is 6.90. The lowest BCUT2D eigenvalue weighted by molar-refractivity contribution is -0.128. The summed E-state index contributed by atoms with van der Waals surface area (Å²) >= 11 is 6.84. The van der Waals surface area contributed by atoms with Gasteiger partial charge in [-0.15, -0.1) is 0 Å². The quantitative estimate of drug-likeness (QED) is 0.435. The molecule has 2 saturated carbocycles. The largest absolute Gasteiger partial charge is 0.351 e. The van der Waals surface area contributed by atoms with Gasteiger partial charge in [0.05, 0.1) is 0 Å². The van der Waals surface area contributed by atoms with Crippen LogP contribution in [0.5, 0.6) is 0 Å². The van der Waals surface area contributed by atoms with E-state index in [0.29, 0.717) is 12.8 Å². The van der Waals surface area contributed by atoms with Crippen LogP contribution in [0.1, 0.15) is 37.3 Å². The minimum Gasteiger partial charge on any atom is -0.351 e. The number of alkyl halides is 4. The number of nitrogens with one attached hydrogen (secondary N) is 1. The van der Waals surface area contributed by atoms with Crippen LogP contribution in [0.2, 0.25) is 0 Å². The van der Waals surface area contributed by atoms with Gasteiger partial charge < -0.3 is 5.32 Å². The number of hydrogen-bond donors (Lipinski definition) is 1. The molecular weight excluding hydrogens is 515 g/mol. The summed E-state index contributed by atoms with van der Waals surface area (Å²) in [7, 11) is 0. The number of aromatic nitrogens is 3. The van der Waals surface area contributed by atoms with Crippen LogP contribution in [0.3, 0.4) is 0 Å². The Labute approximate surface area is 213 Å². The van der Waals surface area contributed by atoms with Crippen LogP contribution in [-0.4, -0.2) is 43.8 Å². The fourth-order valence-electron chi connectivity index (χ4n) is 4.94. The molecular formula is C24H21ClF3N5O2S. The second kappa shape index (κ2) is 9.44. The highest BCUT2D eigenvalue weighted by atomic mass is 35.5. The van der Waals surface area contributed by atoms with Gasteiger partial charge in [-0.1, -0.05) is 23.7 Å². The molecule has 36 heavy (non-hydrogen) atoms. The maximum Gasteiger partial charge on any atom is 0.278 e. The van der Waals surface area contributed by atoms with Crippen molar-refractivity contribution in [2.45, 2.75) is 49.3 Å². The number of rotatable bonds is 7. The van der Waals surface area contributed by atoms with E-state index in [9.17, 15) is 22.8 Å². The maximum absolute atomic E-state index is 14.2. The zero-order chi connectivity index (χ0) is 25.5. The van der Waals surface area contributed by atoms with Gasteiger partial charge in [-0.25, -0.2) is 27.5 Å². The number of anilines is 1. The molecule has 2 aromatic heterocycles. The monoisotopic (exact) mass is 535 g/mol. The smallest absolute Gasteiger partial charge is 0.278 e. The average molecular weight is 536 g/mol. The summed E-state index contributed by atoms with van der Waals surface area (Å²) in [6.45, 7) is 0. The Hall–Kier alpha value is -3.05. The first-order valence-corrected chi connectivity index (χ1v) is 12.5. The van der Waals surface area contributed by atoms with Crippen LogP contribution in [0.25, 0.3) is 11.1 Å². The molecule has 0 bridgehead atoms. The Kier molecular flexibility index (Phi) is 6.46. The van der Waals surface area contributed by atoms with Gasteiger partial charge in [0, 0.05) is 58.7 Å². The molecule has 2 amide bonds. The molecule has 1 aromatic carbocycles. The molecule has 3 aromatic rings. The van der Waals surface area contributed by atoms with Gasteiger partial charge in [0.2, 0.25) is 5.91 Å². The first kappa shape index (κ1) is 24.6. The Bertz CT molecular complexity index is 1250. The molecule has 7 nitrogen and oxygen atoms in total. The average Bonchev–Trinajstić information content (AvgIpc) is 3.29. The summed E-state index contributed by atoms with van der Waals surface area (Å²) in [4.78, 5) is 35.4. The standard InChI is InChI=1S/C24H21ClF3N5O2S/c25-20(26)22(35)33(18-3-1-14(2-4-18)16-10-31-36-11-16)19(15-8-29-13-30-9-15)21(34)32-17-5-6-23(7-17)12-24(23,27)28/h1-4,8-11,13,17,19-20H,5-7,12H2,(H,32,34). The second-order valence-electron chi connectivity index (χ2n) is 9.15. The fraction of sp³-hybridized carbons (Fsp3) is 0.375. The topological polar surface area (TPSA) is 88.1 Å². The van der Waals surface area contributed by atoms with Gasteiger partial charge in [0.25, 0.3) is 17.5 Å². The minimum absolute atomic E-state index is 0.141. The second-order valence-corrected chi connectivity index (χ2v) is 10.2. The van der Waals surface area contributed by atoms with Gasteiger partial charge in [0.15, 0.2) is 0 Å². The van der Waals surface area contributed by atoms with Crippen LogP contribution in [-0.2, 0) is 9.59 Å². The summed E-state index contributed by atoms with van der Waals surface area (Å²) < 4.78 is 46.0.